The predicted molar refractivity (Wildman–Crippen MR) is 37.9 cm³/mol. The first-order valence-electron chi connectivity index (χ1n) is 3.10. The van der Waals surface area contributed by atoms with Crippen LogP contribution in [-0.2, 0) is 0 Å². The van der Waals surface area contributed by atoms with E-state index < -0.39 is 6.09 Å². The molecule has 1 heterocycles. The van der Waals surface area contributed by atoms with Crippen LogP contribution in [0.5, 0.6) is 0 Å². The Labute approximate surface area is 59.3 Å². The second-order valence-corrected chi connectivity index (χ2v) is 2.04. The van der Waals surface area contributed by atoms with E-state index in [1.54, 1.807) is 0 Å². The third-order valence-electron chi connectivity index (χ3n) is 1.31. The highest BCUT2D eigenvalue weighted by Crippen LogP contribution is 1.95. The topological polar surface area (TPSA) is 40.5 Å². The normalized spacial score (nSPS) is 17.0. The van der Waals surface area contributed by atoms with Gasteiger partial charge in [0.15, 0.2) is 0 Å². The van der Waals surface area contributed by atoms with Crippen molar-refractivity contribution in [3.8, 4) is 0 Å². The van der Waals surface area contributed by atoms with Gasteiger partial charge < -0.3 is 10.0 Å². The zero-order chi connectivity index (χ0) is 7.40. The van der Waals surface area contributed by atoms with Crippen molar-refractivity contribution >= 4 is 6.09 Å². The molecule has 54 valence electrons. The molecule has 3 heteroatoms. The quantitative estimate of drug-likeness (QED) is 0.545. The first kappa shape index (κ1) is 6.86. The molecule has 0 saturated heterocycles. The second-order valence-electron chi connectivity index (χ2n) is 2.04. The van der Waals surface area contributed by atoms with E-state index in [9.17, 15) is 4.79 Å². The maximum atomic E-state index is 10.4. The summed E-state index contributed by atoms with van der Waals surface area (Å²) in [7, 11) is 0. The van der Waals surface area contributed by atoms with Gasteiger partial charge in [0.1, 0.15) is 0 Å². The summed E-state index contributed by atoms with van der Waals surface area (Å²) in [5, 5.41) is 8.52. The van der Waals surface area contributed by atoms with Crippen LogP contribution in [-0.4, -0.2) is 29.2 Å². The minimum Gasteiger partial charge on any atom is -0.465 e. The van der Waals surface area contributed by atoms with E-state index >= 15 is 0 Å². The Morgan fingerprint density at radius 3 is 2.20 bits per heavy atom. The number of hydrogen-bond donors (Lipinski definition) is 1. The standard InChI is InChI=1S/C7H9NO2/c9-7(10)8-5-3-1-2-4-6-8/h1-4H,5-6H2,(H,9,10). The van der Waals surface area contributed by atoms with Gasteiger partial charge in [-0.2, -0.15) is 0 Å². The first-order chi connectivity index (χ1) is 4.80. The SMILES string of the molecule is O=C(O)N1CC=CC=CC1. The van der Waals surface area contributed by atoms with Gasteiger partial charge in [0, 0.05) is 13.1 Å². The van der Waals surface area contributed by atoms with Gasteiger partial charge in [-0.25, -0.2) is 4.79 Å². The summed E-state index contributed by atoms with van der Waals surface area (Å²) in [5.41, 5.74) is 0. The van der Waals surface area contributed by atoms with Crippen LogP contribution >= 0.6 is 0 Å². The maximum absolute atomic E-state index is 10.4. The molecule has 0 saturated carbocycles. The lowest BCUT2D eigenvalue weighted by atomic mass is 10.5. The fourth-order valence-corrected chi connectivity index (χ4v) is 0.764. The van der Waals surface area contributed by atoms with Gasteiger partial charge in [-0.3, -0.25) is 0 Å². The van der Waals surface area contributed by atoms with Crippen molar-refractivity contribution in [3.63, 3.8) is 0 Å². The molecule has 10 heavy (non-hydrogen) atoms. The van der Waals surface area contributed by atoms with Crippen LogP contribution in [0.4, 0.5) is 4.79 Å². The Bertz CT molecular complexity index is 170. The fraction of sp³-hybridized carbons (Fsp3) is 0.286. The van der Waals surface area contributed by atoms with Gasteiger partial charge in [-0.05, 0) is 0 Å². The molecule has 0 aromatic heterocycles. The highest BCUT2D eigenvalue weighted by atomic mass is 16.4. The number of nitrogens with zero attached hydrogens (tertiary/aromatic N) is 1. The third-order valence-corrected chi connectivity index (χ3v) is 1.31. The third kappa shape index (κ3) is 1.62. The van der Waals surface area contributed by atoms with E-state index in [1.165, 1.54) is 4.90 Å². The molecule has 0 aromatic rings. The van der Waals surface area contributed by atoms with Crippen molar-refractivity contribution in [1.29, 1.82) is 0 Å². The lowest BCUT2D eigenvalue weighted by Gasteiger charge is -2.12. The lowest BCUT2D eigenvalue weighted by molar-refractivity contribution is 0.155. The van der Waals surface area contributed by atoms with Gasteiger partial charge in [0.2, 0.25) is 0 Å². The molecule has 0 aliphatic carbocycles. The zero-order valence-corrected chi connectivity index (χ0v) is 5.53. The molecule has 0 atom stereocenters. The molecule has 0 unspecified atom stereocenters. The smallest absolute Gasteiger partial charge is 0.407 e. The molecule has 0 fully saturated rings. The number of hydrogen-bond acceptors (Lipinski definition) is 1. The molecule has 1 aliphatic heterocycles. The number of amides is 1. The molecule has 0 aromatic carbocycles. The highest BCUT2D eigenvalue weighted by molar-refractivity contribution is 5.65. The number of allylic oxidation sites excluding steroid dienone is 2. The van der Waals surface area contributed by atoms with Gasteiger partial charge in [0.05, 0.1) is 0 Å². The van der Waals surface area contributed by atoms with Crippen molar-refractivity contribution < 1.29 is 9.90 Å². The van der Waals surface area contributed by atoms with Crippen molar-refractivity contribution in [1.82, 2.24) is 4.90 Å². The van der Waals surface area contributed by atoms with Crippen molar-refractivity contribution in [3.05, 3.63) is 24.3 Å². The van der Waals surface area contributed by atoms with Crippen LogP contribution in [0, 0.1) is 0 Å². The first-order valence-corrected chi connectivity index (χ1v) is 3.10. The maximum Gasteiger partial charge on any atom is 0.407 e. The molecule has 1 amide bonds. The minimum atomic E-state index is -0.865. The van der Waals surface area contributed by atoms with Crippen molar-refractivity contribution in [2.24, 2.45) is 0 Å². The molecule has 0 spiro atoms. The van der Waals surface area contributed by atoms with Gasteiger partial charge in [-0.1, -0.05) is 24.3 Å². The molecule has 1 N–H and O–H groups in total. The second kappa shape index (κ2) is 3.06. The summed E-state index contributed by atoms with van der Waals surface area (Å²) in [6.07, 6.45) is 6.47. The van der Waals surface area contributed by atoms with Gasteiger partial charge >= 0.3 is 6.09 Å². The molecule has 1 aliphatic rings. The predicted octanol–water partition coefficient (Wildman–Crippen LogP) is 1.09. The van der Waals surface area contributed by atoms with Crippen molar-refractivity contribution in [2.45, 2.75) is 0 Å². The Balaban J connectivity index is 2.55. The van der Waals surface area contributed by atoms with Crippen LogP contribution in [0.25, 0.3) is 0 Å². The largest absolute Gasteiger partial charge is 0.465 e. The Kier molecular flexibility index (Phi) is 2.10. The monoisotopic (exact) mass is 139 g/mol. The zero-order valence-electron chi connectivity index (χ0n) is 5.53. The minimum absolute atomic E-state index is 0.488. The van der Waals surface area contributed by atoms with Crippen LogP contribution in [0.3, 0.4) is 0 Å². The number of carbonyl (C=O) groups is 1. The van der Waals surface area contributed by atoms with Crippen LogP contribution in [0.2, 0.25) is 0 Å². The summed E-state index contributed by atoms with van der Waals surface area (Å²) in [4.78, 5) is 11.7. The van der Waals surface area contributed by atoms with Crippen molar-refractivity contribution in [2.75, 3.05) is 13.1 Å². The molecule has 0 bridgehead atoms. The average molecular weight is 139 g/mol. The van der Waals surface area contributed by atoms with Crippen LogP contribution < -0.4 is 0 Å². The average Bonchev–Trinajstić information content (AvgIpc) is 2.12. The van der Waals surface area contributed by atoms with Gasteiger partial charge in [-0.15, -0.1) is 0 Å². The van der Waals surface area contributed by atoms with E-state index in [2.05, 4.69) is 0 Å². The lowest BCUT2D eigenvalue weighted by Crippen LogP contribution is -2.29. The fourth-order valence-electron chi connectivity index (χ4n) is 0.764. The molecule has 0 radical (unpaired) electrons. The van der Waals surface area contributed by atoms with E-state index in [4.69, 9.17) is 5.11 Å². The molecule has 1 rings (SSSR count). The number of carboxylic acid groups (broad SMARTS) is 1. The van der Waals surface area contributed by atoms with Gasteiger partial charge in [0.25, 0.3) is 0 Å². The summed E-state index contributed by atoms with van der Waals surface area (Å²) in [6, 6.07) is 0. The summed E-state index contributed by atoms with van der Waals surface area (Å²) in [6.45, 7) is 0.977. The highest BCUT2D eigenvalue weighted by Gasteiger charge is 2.07. The Morgan fingerprint density at radius 2 is 1.80 bits per heavy atom. The summed E-state index contributed by atoms with van der Waals surface area (Å²) >= 11 is 0. The van der Waals surface area contributed by atoms with E-state index in [0.717, 1.165) is 0 Å². The van der Waals surface area contributed by atoms with Crippen LogP contribution in [0.1, 0.15) is 0 Å². The molecule has 3 nitrogen and oxygen atoms in total. The molecular formula is C7H9NO2. The Morgan fingerprint density at radius 1 is 1.30 bits per heavy atom. The molecular weight excluding hydrogens is 130 g/mol. The summed E-state index contributed by atoms with van der Waals surface area (Å²) in [5.74, 6) is 0. The summed E-state index contributed by atoms with van der Waals surface area (Å²) < 4.78 is 0. The van der Waals surface area contributed by atoms with Crippen LogP contribution in [0.15, 0.2) is 24.3 Å². The van der Waals surface area contributed by atoms with E-state index in [1.807, 2.05) is 24.3 Å². The van der Waals surface area contributed by atoms with E-state index in [-0.39, 0.29) is 0 Å². The number of rotatable bonds is 0. The Hall–Kier alpha value is -1.25. The van der Waals surface area contributed by atoms with E-state index in [0.29, 0.717) is 13.1 Å².